The lowest BCUT2D eigenvalue weighted by atomic mass is 9.95. The van der Waals surface area contributed by atoms with Crippen LogP contribution >= 0.6 is 0 Å². The van der Waals surface area contributed by atoms with Crippen LogP contribution in [0.3, 0.4) is 0 Å². The summed E-state index contributed by atoms with van der Waals surface area (Å²) in [5, 5.41) is 18.2. The average Bonchev–Trinajstić information content (AvgIpc) is 2.27. The Morgan fingerprint density at radius 2 is 2.45 bits per heavy atom. The highest BCUT2D eigenvalue weighted by Gasteiger charge is 2.46. The predicted molar refractivity (Wildman–Crippen MR) is 36.8 cm³/mol. The molecule has 0 unspecified atom stereocenters. The summed E-state index contributed by atoms with van der Waals surface area (Å²) in [6.45, 7) is 1.45. The van der Waals surface area contributed by atoms with Crippen molar-refractivity contribution in [2.45, 2.75) is 31.5 Å². The van der Waals surface area contributed by atoms with Gasteiger partial charge >= 0.3 is 5.97 Å². The van der Waals surface area contributed by atoms with Crippen molar-refractivity contribution in [3.8, 4) is 0 Å². The first kappa shape index (κ1) is 8.49. The number of esters is 1. The van der Waals surface area contributed by atoms with Crippen LogP contribution in [0.25, 0.3) is 0 Å². The van der Waals surface area contributed by atoms with Gasteiger partial charge in [-0.05, 0) is 6.42 Å². The number of ether oxygens (including phenoxy) is 1. The van der Waals surface area contributed by atoms with E-state index in [2.05, 4.69) is 0 Å². The Hall–Kier alpha value is -0.610. The molecule has 1 heterocycles. The molecule has 11 heavy (non-hydrogen) atoms. The molecule has 0 radical (unpaired) electrons. The number of carbonyl (C=O) groups is 1. The van der Waals surface area contributed by atoms with Crippen LogP contribution in [0.5, 0.6) is 0 Å². The van der Waals surface area contributed by atoms with Crippen LogP contribution in [0, 0.1) is 0 Å². The van der Waals surface area contributed by atoms with Gasteiger partial charge in [-0.2, -0.15) is 0 Å². The monoisotopic (exact) mass is 160 g/mol. The number of hydrogen-bond acceptors (Lipinski definition) is 4. The summed E-state index contributed by atoms with van der Waals surface area (Å²) in [5.41, 5.74) is -1.03. The molecule has 2 atom stereocenters. The third kappa shape index (κ3) is 1.23. The molecule has 0 amide bonds. The maximum absolute atomic E-state index is 10.7. The summed E-state index contributed by atoms with van der Waals surface area (Å²) in [7, 11) is 0. The lowest BCUT2D eigenvalue weighted by Crippen LogP contribution is -2.42. The molecule has 1 rings (SSSR count). The van der Waals surface area contributed by atoms with E-state index >= 15 is 0 Å². The number of hydrogen-bond donors (Lipinski definition) is 2. The van der Waals surface area contributed by atoms with Gasteiger partial charge < -0.3 is 14.9 Å². The normalized spacial score (nSPS) is 37.4. The summed E-state index contributed by atoms with van der Waals surface area (Å²) in [4.78, 5) is 10.7. The molecule has 4 heteroatoms. The second-order valence-electron chi connectivity index (χ2n) is 2.77. The SMILES string of the molecule is CC[C@@]1(CO)OC(=O)C[C@@H]1O. The van der Waals surface area contributed by atoms with E-state index < -0.39 is 17.7 Å². The fourth-order valence-electron chi connectivity index (χ4n) is 1.24. The lowest BCUT2D eigenvalue weighted by molar-refractivity contribution is -0.156. The molecule has 0 aliphatic carbocycles. The molecule has 1 saturated heterocycles. The largest absolute Gasteiger partial charge is 0.454 e. The smallest absolute Gasteiger partial charge is 0.309 e. The first-order chi connectivity index (χ1) is 5.14. The molecule has 0 aromatic carbocycles. The van der Waals surface area contributed by atoms with Crippen LogP contribution in [0.4, 0.5) is 0 Å². The van der Waals surface area contributed by atoms with E-state index in [1.165, 1.54) is 0 Å². The minimum atomic E-state index is -1.03. The summed E-state index contributed by atoms with van der Waals surface area (Å²) in [6, 6.07) is 0. The molecule has 0 saturated carbocycles. The number of aliphatic hydroxyl groups excluding tert-OH is 2. The van der Waals surface area contributed by atoms with Crippen LogP contribution in [0.1, 0.15) is 19.8 Å². The Bertz CT molecular complexity index is 162. The molecule has 4 nitrogen and oxygen atoms in total. The first-order valence-electron chi connectivity index (χ1n) is 3.65. The van der Waals surface area contributed by atoms with Crippen LogP contribution in [-0.4, -0.2) is 34.5 Å². The molecule has 1 aliphatic heterocycles. The second kappa shape index (κ2) is 2.79. The summed E-state index contributed by atoms with van der Waals surface area (Å²) in [6.07, 6.45) is -0.421. The third-order valence-corrected chi connectivity index (χ3v) is 2.15. The second-order valence-corrected chi connectivity index (χ2v) is 2.77. The van der Waals surface area contributed by atoms with Gasteiger partial charge in [0.15, 0.2) is 5.60 Å². The van der Waals surface area contributed by atoms with E-state index in [-0.39, 0.29) is 13.0 Å². The molecular weight excluding hydrogens is 148 g/mol. The zero-order valence-electron chi connectivity index (χ0n) is 6.41. The van der Waals surface area contributed by atoms with Crippen molar-refractivity contribution >= 4 is 5.97 Å². The first-order valence-corrected chi connectivity index (χ1v) is 3.65. The molecule has 0 spiro atoms. The number of carbonyl (C=O) groups excluding carboxylic acids is 1. The van der Waals surface area contributed by atoms with Crippen LogP contribution in [0.15, 0.2) is 0 Å². The minimum Gasteiger partial charge on any atom is -0.454 e. The maximum atomic E-state index is 10.7. The van der Waals surface area contributed by atoms with Crippen LogP contribution < -0.4 is 0 Å². The van der Waals surface area contributed by atoms with Gasteiger partial charge in [0.2, 0.25) is 0 Å². The third-order valence-electron chi connectivity index (χ3n) is 2.15. The van der Waals surface area contributed by atoms with Crippen molar-refractivity contribution < 1.29 is 19.7 Å². The van der Waals surface area contributed by atoms with E-state index in [0.717, 1.165) is 0 Å². The molecule has 2 N–H and O–H groups in total. The Labute approximate surface area is 64.8 Å². The Morgan fingerprint density at radius 3 is 2.64 bits per heavy atom. The number of rotatable bonds is 2. The van der Waals surface area contributed by atoms with Crippen molar-refractivity contribution in [1.29, 1.82) is 0 Å². The molecular formula is C7H12O4. The van der Waals surface area contributed by atoms with Crippen LogP contribution in [-0.2, 0) is 9.53 Å². The topological polar surface area (TPSA) is 66.8 Å². The highest BCUT2D eigenvalue weighted by Crippen LogP contribution is 2.29. The maximum Gasteiger partial charge on any atom is 0.309 e. The van der Waals surface area contributed by atoms with Gasteiger partial charge in [-0.15, -0.1) is 0 Å². The highest BCUT2D eigenvalue weighted by molar-refractivity contribution is 5.73. The van der Waals surface area contributed by atoms with Gasteiger partial charge in [0.05, 0.1) is 13.0 Å². The fourth-order valence-corrected chi connectivity index (χ4v) is 1.24. The molecule has 0 aromatic rings. The fraction of sp³-hybridized carbons (Fsp3) is 0.857. The van der Waals surface area contributed by atoms with E-state index in [0.29, 0.717) is 6.42 Å². The van der Waals surface area contributed by atoms with Crippen molar-refractivity contribution in [2.24, 2.45) is 0 Å². The van der Waals surface area contributed by atoms with Gasteiger partial charge in [-0.25, -0.2) is 0 Å². The Morgan fingerprint density at radius 1 is 1.82 bits per heavy atom. The van der Waals surface area contributed by atoms with Gasteiger partial charge in [0, 0.05) is 0 Å². The lowest BCUT2D eigenvalue weighted by Gasteiger charge is -2.26. The number of aliphatic hydroxyl groups is 2. The molecule has 1 fully saturated rings. The van der Waals surface area contributed by atoms with Crippen molar-refractivity contribution in [3.05, 3.63) is 0 Å². The van der Waals surface area contributed by atoms with Crippen LogP contribution in [0.2, 0.25) is 0 Å². The standard InChI is InChI=1S/C7H12O4/c1-2-7(4-8)5(9)3-6(10)11-7/h5,8-9H,2-4H2,1H3/t5-,7-/m0/s1. The zero-order chi connectivity index (χ0) is 8.48. The molecule has 0 bridgehead atoms. The van der Waals surface area contributed by atoms with E-state index in [4.69, 9.17) is 9.84 Å². The molecule has 1 aliphatic rings. The van der Waals surface area contributed by atoms with Crippen molar-refractivity contribution in [2.75, 3.05) is 6.61 Å². The van der Waals surface area contributed by atoms with E-state index in [1.807, 2.05) is 0 Å². The summed E-state index contributed by atoms with van der Waals surface area (Å²) in [5.74, 6) is -0.437. The predicted octanol–water partition coefficient (Wildman–Crippen LogP) is -0.565. The number of cyclic esters (lactones) is 1. The Balaban J connectivity index is 2.75. The van der Waals surface area contributed by atoms with Crippen molar-refractivity contribution in [1.82, 2.24) is 0 Å². The molecule has 0 aromatic heterocycles. The van der Waals surface area contributed by atoms with Crippen molar-refractivity contribution in [3.63, 3.8) is 0 Å². The average molecular weight is 160 g/mol. The van der Waals surface area contributed by atoms with Gasteiger partial charge in [-0.1, -0.05) is 6.92 Å². The van der Waals surface area contributed by atoms with E-state index in [9.17, 15) is 9.90 Å². The quantitative estimate of drug-likeness (QED) is 0.531. The van der Waals surface area contributed by atoms with Gasteiger partial charge in [0.1, 0.15) is 6.10 Å². The Kier molecular flexibility index (Phi) is 2.15. The molecule has 64 valence electrons. The van der Waals surface area contributed by atoms with Gasteiger partial charge in [-0.3, -0.25) is 4.79 Å². The minimum absolute atomic E-state index is 0.00556. The highest BCUT2D eigenvalue weighted by atomic mass is 16.6. The van der Waals surface area contributed by atoms with E-state index in [1.54, 1.807) is 6.92 Å². The summed E-state index contributed by atoms with van der Waals surface area (Å²) < 4.78 is 4.82. The summed E-state index contributed by atoms with van der Waals surface area (Å²) >= 11 is 0. The zero-order valence-corrected chi connectivity index (χ0v) is 6.41. The van der Waals surface area contributed by atoms with Gasteiger partial charge in [0.25, 0.3) is 0 Å².